The molecule has 1 aromatic rings. The molecule has 106 valence electrons. The second kappa shape index (κ2) is 6.60. The molecule has 0 unspecified atom stereocenters. The van der Waals surface area contributed by atoms with Crippen molar-refractivity contribution in [3.63, 3.8) is 0 Å². The Bertz CT molecular complexity index is 413. The fourth-order valence-electron chi connectivity index (χ4n) is 2.31. The lowest BCUT2D eigenvalue weighted by Gasteiger charge is -2.25. The first-order valence-electron chi connectivity index (χ1n) is 7.49. The molecular formula is C16H25ClN2. The lowest BCUT2D eigenvalue weighted by molar-refractivity contribution is 0.698. The molecule has 19 heavy (non-hydrogen) atoms. The summed E-state index contributed by atoms with van der Waals surface area (Å²) < 4.78 is 0. The van der Waals surface area contributed by atoms with E-state index in [9.17, 15) is 0 Å². The van der Waals surface area contributed by atoms with Crippen molar-refractivity contribution in [3.8, 4) is 0 Å². The summed E-state index contributed by atoms with van der Waals surface area (Å²) in [6.07, 6.45) is 5.09. The second-order valence-corrected chi connectivity index (χ2v) is 6.09. The third-order valence-electron chi connectivity index (χ3n) is 3.67. The van der Waals surface area contributed by atoms with Crippen LogP contribution in [-0.4, -0.2) is 17.6 Å². The monoisotopic (exact) mass is 280 g/mol. The Hall–Kier alpha value is -0.760. The van der Waals surface area contributed by atoms with Gasteiger partial charge in [-0.2, -0.15) is 0 Å². The maximum atomic E-state index is 6.03. The van der Waals surface area contributed by atoms with E-state index in [1.807, 2.05) is 0 Å². The molecule has 1 aliphatic rings. The van der Waals surface area contributed by atoms with Crippen LogP contribution in [-0.2, 0) is 5.88 Å². The standard InChI is InChI=1S/C16H25ClN2/c1-4-5-8-19(14-6-7-14)16-10-13(11-17)9-15(18-16)12(2)3/h9-10,12,14H,4-8,11H2,1-3H3. The van der Waals surface area contributed by atoms with E-state index in [4.69, 9.17) is 16.6 Å². The van der Waals surface area contributed by atoms with Crippen LogP contribution >= 0.6 is 11.6 Å². The molecule has 0 saturated heterocycles. The Labute approximate surface area is 122 Å². The third-order valence-corrected chi connectivity index (χ3v) is 3.98. The molecule has 0 radical (unpaired) electrons. The Balaban J connectivity index is 2.26. The van der Waals surface area contributed by atoms with Crippen molar-refractivity contribution >= 4 is 17.4 Å². The zero-order chi connectivity index (χ0) is 13.8. The summed E-state index contributed by atoms with van der Waals surface area (Å²) in [6.45, 7) is 7.75. The Morgan fingerprint density at radius 1 is 1.37 bits per heavy atom. The Morgan fingerprint density at radius 3 is 2.63 bits per heavy atom. The highest BCUT2D eigenvalue weighted by Gasteiger charge is 2.29. The van der Waals surface area contributed by atoms with E-state index < -0.39 is 0 Å². The van der Waals surface area contributed by atoms with E-state index in [1.54, 1.807) is 0 Å². The van der Waals surface area contributed by atoms with Crippen molar-refractivity contribution in [3.05, 3.63) is 23.4 Å². The van der Waals surface area contributed by atoms with E-state index >= 15 is 0 Å². The zero-order valence-electron chi connectivity index (χ0n) is 12.3. The predicted molar refractivity (Wildman–Crippen MR) is 83.2 cm³/mol. The first kappa shape index (κ1) is 14.6. The maximum Gasteiger partial charge on any atom is 0.129 e. The summed E-state index contributed by atoms with van der Waals surface area (Å²) in [5, 5.41) is 0. The SMILES string of the molecule is CCCCN(c1cc(CCl)cc(C(C)C)n1)C1CC1. The molecule has 0 spiro atoms. The minimum atomic E-state index is 0.453. The molecule has 1 fully saturated rings. The van der Waals surface area contributed by atoms with Crippen LogP contribution in [0.2, 0.25) is 0 Å². The Morgan fingerprint density at radius 2 is 2.11 bits per heavy atom. The van der Waals surface area contributed by atoms with Gasteiger partial charge in [-0.15, -0.1) is 11.6 Å². The van der Waals surface area contributed by atoms with Crippen molar-refractivity contribution in [2.24, 2.45) is 0 Å². The van der Waals surface area contributed by atoms with E-state index in [2.05, 4.69) is 37.8 Å². The molecular weight excluding hydrogens is 256 g/mol. The number of anilines is 1. The molecule has 1 aliphatic carbocycles. The van der Waals surface area contributed by atoms with Gasteiger partial charge in [-0.1, -0.05) is 27.2 Å². The summed E-state index contributed by atoms with van der Waals surface area (Å²) in [5.41, 5.74) is 2.35. The van der Waals surface area contributed by atoms with Gasteiger partial charge in [0.15, 0.2) is 0 Å². The minimum Gasteiger partial charge on any atom is -0.354 e. The number of rotatable bonds is 7. The quantitative estimate of drug-likeness (QED) is 0.672. The average Bonchev–Trinajstić information content (AvgIpc) is 3.23. The van der Waals surface area contributed by atoms with Crippen LogP contribution in [0.1, 0.15) is 63.6 Å². The van der Waals surface area contributed by atoms with Gasteiger partial charge in [0.05, 0.1) is 0 Å². The van der Waals surface area contributed by atoms with Crippen molar-refractivity contribution in [2.75, 3.05) is 11.4 Å². The van der Waals surface area contributed by atoms with Gasteiger partial charge in [0.2, 0.25) is 0 Å². The average molecular weight is 281 g/mol. The molecule has 0 bridgehead atoms. The molecule has 2 rings (SSSR count). The first-order valence-corrected chi connectivity index (χ1v) is 8.02. The first-order chi connectivity index (χ1) is 9.15. The predicted octanol–water partition coefficient (Wildman–Crippen LogP) is 4.71. The van der Waals surface area contributed by atoms with Crippen LogP contribution in [0.5, 0.6) is 0 Å². The number of pyridine rings is 1. The number of alkyl halides is 1. The smallest absolute Gasteiger partial charge is 0.129 e. The molecule has 0 aromatic carbocycles. The summed E-state index contributed by atoms with van der Waals surface area (Å²) in [7, 11) is 0. The van der Waals surface area contributed by atoms with Crippen LogP contribution in [0.4, 0.5) is 5.82 Å². The highest BCUT2D eigenvalue weighted by atomic mass is 35.5. The number of nitrogens with zero attached hydrogens (tertiary/aromatic N) is 2. The van der Waals surface area contributed by atoms with Gasteiger partial charge < -0.3 is 4.90 Å². The van der Waals surface area contributed by atoms with Gasteiger partial charge in [-0.25, -0.2) is 4.98 Å². The molecule has 0 N–H and O–H groups in total. The highest BCUT2D eigenvalue weighted by molar-refractivity contribution is 6.17. The maximum absolute atomic E-state index is 6.03. The van der Waals surface area contributed by atoms with Gasteiger partial charge in [0, 0.05) is 24.2 Å². The van der Waals surface area contributed by atoms with Crippen LogP contribution in [0.15, 0.2) is 12.1 Å². The third kappa shape index (κ3) is 3.85. The molecule has 0 atom stereocenters. The molecule has 2 nitrogen and oxygen atoms in total. The molecule has 0 amide bonds. The van der Waals surface area contributed by atoms with Crippen molar-refractivity contribution in [2.45, 2.75) is 64.3 Å². The fourth-order valence-corrected chi connectivity index (χ4v) is 2.47. The molecule has 0 aliphatic heterocycles. The van der Waals surface area contributed by atoms with E-state index in [-0.39, 0.29) is 0 Å². The van der Waals surface area contributed by atoms with Crippen molar-refractivity contribution in [1.82, 2.24) is 4.98 Å². The topological polar surface area (TPSA) is 16.1 Å². The number of hydrogen-bond donors (Lipinski definition) is 0. The number of unbranched alkanes of at least 4 members (excludes halogenated alkanes) is 1. The highest BCUT2D eigenvalue weighted by Crippen LogP contribution is 2.32. The second-order valence-electron chi connectivity index (χ2n) is 5.82. The lowest BCUT2D eigenvalue weighted by Crippen LogP contribution is -2.28. The summed E-state index contributed by atoms with van der Waals surface area (Å²) in [4.78, 5) is 7.35. The largest absolute Gasteiger partial charge is 0.354 e. The normalized spacial score (nSPS) is 15.0. The number of aromatic nitrogens is 1. The number of halogens is 1. The van der Waals surface area contributed by atoms with Gasteiger partial charge in [0.1, 0.15) is 5.82 Å². The van der Waals surface area contributed by atoms with E-state index in [0.717, 1.165) is 18.1 Å². The van der Waals surface area contributed by atoms with Gasteiger partial charge in [0.25, 0.3) is 0 Å². The van der Waals surface area contributed by atoms with Gasteiger partial charge in [-0.05, 0) is 42.9 Å². The van der Waals surface area contributed by atoms with Gasteiger partial charge in [-0.3, -0.25) is 0 Å². The van der Waals surface area contributed by atoms with Crippen LogP contribution in [0.25, 0.3) is 0 Å². The fraction of sp³-hybridized carbons (Fsp3) is 0.688. The van der Waals surface area contributed by atoms with E-state index in [0.29, 0.717) is 17.8 Å². The molecule has 3 heteroatoms. The van der Waals surface area contributed by atoms with Crippen molar-refractivity contribution in [1.29, 1.82) is 0 Å². The Kier molecular flexibility index (Phi) is 5.09. The van der Waals surface area contributed by atoms with Crippen LogP contribution < -0.4 is 4.90 Å². The van der Waals surface area contributed by atoms with E-state index in [1.165, 1.54) is 31.2 Å². The zero-order valence-corrected chi connectivity index (χ0v) is 13.1. The van der Waals surface area contributed by atoms with Gasteiger partial charge >= 0.3 is 0 Å². The van der Waals surface area contributed by atoms with Crippen LogP contribution in [0, 0.1) is 0 Å². The minimum absolute atomic E-state index is 0.453. The summed E-state index contributed by atoms with van der Waals surface area (Å²) in [6, 6.07) is 5.03. The summed E-state index contributed by atoms with van der Waals surface area (Å²) >= 11 is 6.03. The summed E-state index contributed by atoms with van der Waals surface area (Å²) in [5.74, 6) is 2.16. The lowest BCUT2D eigenvalue weighted by atomic mass is 10.1. The van der Waals surface area contributed by atoms with Crippen LogP contribution in [0.3, 0.4) is 0 Å². The molecule has 1 heterocycles. The number of hydrogen-bond acceptors (Lipinski definition) is 2. The molecule has 1 saturated carbocycles. The van der Waals surface area contributed by atoms with Crippen molar-refractivity contribution < 1.29 is 0 Å². The molecule has 1 aromatic heterocycles.